The lowest BCUT2D eigenvalue weighted by molar-refractivity contribution is -0.384. The van der Waals surface area contributed by atoms with Crippen molar-refractivity contribution in [1.29, 1.82) is 0 Å². The Morgan fingerprint density at radius 2 is 1.76 bits per heavy atom. The maximum Gasteiger partial charge on any atom is 0.343 e. The summed E-state index contributed by atoms with van der Waals surface area (Å²) in [5.74, 6) is -0.284. The van der Waals surface area contributed by atoms with Crippen molar-refractivity contribution in [2.75, 3.05) is 0 Å². The van der Waals surface area contributed by atoms with Crippen molar-refractivity contribution in [2.45, 2.75) is 6.42 Å². The number of ketones is 1. The molecular weight excluding hydrogens is 370 g/mol. The predicted molar refractivity (Wildman–Crippen MR) is 107 cm³/mol. The summed E-state index contributed by atoms with van der Waals surface area (Å²) in [6, 6.07) is 19.6. The number of rotatable bonds is 4. The van der Waals surface area contributed by atoms with E-state index in [1.54, 1.807) is 24.3 Å². The lowest BCUT2D eigenvalue weighted by atomic mass is 10.1. The molecule has 6 heteroatoms. The molecule has 3 aromatic carbocycles. The van der Waals surface area contributed by atoms with Gasteiger partial charge in [0.1, 0.15) is 5.75 Å². The molecule has 0 N–H and O–H groups in total. The number of nitro benzene ring substituents is 1. The van der Waals surface area contributed by atoms with E-state index in [4.69, 9.17) is 4.74 Å². The van der Waals surface area contributed by atoms with Crippen LogP contribution in [0, 0.1) is 10.1 Å². The zero-order valence-corrected chi connectivity index (χ0v) is 15.2. The third kappa shape index (κ3) is 3.82. The van der Waals surface area contributed by atoms with Crippen LogP contribution >= 0.6 is 0 Å². The first-order valence-corrected chi connectivity index (χ1v) is 8.91. The van der Waals surface area contributed by atoms with Gasteiger partial charge in [-0.1, -0.05) is 36.4 Å². The largest absolute Gasteiger partial charge is 0.423 e. The number of hydrogen-bond acceptors (Lipinski definition) is 5. The van der Waals surface area contributed by atoms with Crippen LogP contribution in [-0.2, 0) is 6.42 Å². The lowest BCUT2D eigenvalue weighted by Crippen LogP contribution is -2.08. The molecule has 1 aliphatic carbocycles. The zero-order chi connectivity index (χ0) is 20.4. The quantitative estimate of drug-likeness (QED) is 0.215. The van der Waals surface area contributed by atoms with E-state index in [-0.39, 0.29) is 17.0 Å². The first-order chi connectivity index (χ1) is 14.0. The number of hydrogen-bond donors (Lipinski definition) is 0. The van der Waals surface area contributed by atoms with Crippen LogP contribution in [0.1, 0.15) is 31.8 Å². The Balaban J connectivity index is 1.51. The number of nitrogens with zero attached hydrogens (tertiary/aromatic N) is 1. The number of esters is 1. The first kappa shape index (κ1) is 18.3. The van der Waals surface area contributed by atoms with E-state index in [0.29, 0.717) is 17.7 Å². The fourth-order valence-electron chi connectivity index (χ4n) is 3.23. The maximum absolute atomic E-state index is 12.5. The number of nitro groups is 1. The van der Waals surface area contributed by atoms with Gasteiger partial charge in [0.25, 0.3) is 5.69 Å². The Morgan fingerprint density at radius 1 is 1.00 bits per heavy atom. The SMILES string of the molecule is O=C(Oc1cccc(/C=C2\Cc3ccccc3C2=O)c1)c1ccc([N+](=O)[O-])cc1. The summed E-state index contributed by atoms with van der Waals surface area (Å²) in [6.45, 7) is 0. The van der Waals surface area contributed by atoms with E-state index in [0.717, 1.165) is 16.7 Å². The summed E-state index contributed by atoms with van der Waals surface area (Å²) < 4.78 is 5.37. The van der Waals surface area contributed by atoms with Gasteiger partial charge < -0.3 is 4.74 Å². The number of allylic oxidation sites excluding steroid dienone is 1. The van der Waals surface area contributed by atoms with E-state index in [9.17, 15) is 19.7 Å². The fraction of sp³-hybridized carbons (Fsp3) is 0.0435. The highest BCUT2D eigenvalue weighted by Crippen LogP contribution is 2.28. The van der Waals surface area contributed by atoms with Crippen molar-refractivity contribution in [3.05, 3.63) is 111 Å². The summed E-state index contributed by atoms with van der Waals surface area (Å²) in [5, 5.41) is 10.7. The number of benzene rings is 3. The van der Waals surface area contributed by atoms with Gasteiger partial charge in [0.05, 0.1) is 10.5 Å². The average molecular weight is 385 g/mol. The van der Waals surface area contributed by atoms with Crippen LogP contribution in [0.2, 0.25) is 0 Å². The van der Waals surface area contributed by atoms with Crippen molar-refractivity contribution in [3.8, 4) is 5.75 Å². The standard InChI is InChI=1S/C23H15NO5/c25-22-18(14-17-5-1-2-7-21(17)22)12-15-4-3-6-20(13-15)29-23(26)16-8-10-19(11-9-16)24(27)28/h1-13H,14H2/b18-12+. The van der Waals surface area contributed by atoms with Crippen molar-refractivity contribution in [2.24, 2.45) is 0 Å². The maximum atomic E-state index is 12.5. The number of Topliss-reactive ketones (excluding diaryl/α,β-unsaturated/α-hetero) is 1. The molecule has 1 aliphatic rings. The second-order valence-electron chi connectivity index (χ2n) is 6.60. The zero-order valence-electron chi connectivity index (χ0n) is 15.2. The molecule has 0 radical (unpaired) electrons. The summed E-state index contributed by atoms with van der Waals surface area (Å²) in [7, 11) is 0. The van der Waals surface area contributed by atoms with Crippen LogP contribution < -0.4 is 4.74 Å². The Hall–Kier alpha value is -4.06. The van der Waals surface area contributed by atoms with Crippen LogP contribution in [0.3, 0.4) is 0 Å². The van der Waals surface area contributed by atoms with E-state index >= 15 is 0 Å². The minimum atomic E-state index is -0.617. The molecule has 29 heavy (non-hydrogen) atoms. The predicted octanol–water partition coefficient (Wildman–Crippen LogP) is 4.64. The number of carbonyl (C=O) groups is 2. The Labute approximate surface area is 166 Å². The first-order valence-electron chi connectivity index (χ1n) is 8.91. The van der Waals surface area contributed by atoms with Gasteiger partial charge in [0, 0.05) is 29.7 Å². The van der Waals surface area contributed by atoms with Crippen LogP contribution in [-0.4, -0.2) is 16.7 Å². The molecule has 0 saturated heterocycles. The average Bonchev–Trinajstić information content (AvgIpc) is 3.04. The molecule has 6 nitrogen and oxygen atoms in total. The van der Waals surface area contributed by atoms with Crippen molar-refractivity contribution < 1.29 is 19.2 Å². The molecule has 4 rings (SSSR count). The molecule has 0 aromatic heterocycles. The molecule has 142 valence electrons. The molecule has 0 aliphatic heterocycles. The molecule has 0 amide bonds. The molecule has 0 fully saturated rings. The topological polar surface area (TPSA) is 86.5 Å². The molecule has 0 bridgehead atoms. The Morgan fingerprint density at radius 3 is 2.48 bits per heavy atom. The number of fused-ring (bicyclic) bond motifs is 1. The summed E-state index contributed by atoms with van der Waals surface area (Å²) >= 11 is 0. The smallest absolute Gasteiger partial charge is 0.343 e. The minimum absolute atomic E-state index is 0.00822. The summed E-state index contributed by atoms with van der Waals surface area (Å²) in [5.41, 5.74) is 3.27. The van der Waals surface area contributed by atoms with Crippen LogP contribution in [0.25, 0.3) is 6.08 Å². The number of ether oxygens (including phenoxy) is 1. The van der Waals surface area contributed by atoms with Gasteiger partial charge >= 0.3 is 5.97 Å². The molecule has 0 spiro atoms. The molecule has 0 unspecified atom stereocenters. The third-order valence-electron chi connectivity index (χ3n) is 4.66. The van der Waals surface area contributed by atoms with Gasteiger partial charge in [-0.15, -0.1) is 0 Å². The van der Waals surface area contributed by atoms with Crippen LogP contribution in [0.4, 0.5) is 5.69 Å². The molecule has 0 saturated carbocycles. The highest BCUT2D eigenvalue weighted by atomic mass is 16.6. The lowest BCUT2D eigenvalue weighted by Gasteiger charge is -2.05. The van der Waals surface area contributed by atoms with Crippen molar-refractivity contribution >= 4 is 23.5 Å². The van der Waals surface area contributed by atoms with Gasteiger partial charge in [-0.2, -0.15) is 0 Å². The normalized spacial score (nSPS) is 13.9. The van der Waals surface area contributed by atoms with Crippen molar-refractivity contribution in [1.82, 2.24) is 0 Å². The van der Waals surface area contributed by atoms with E-state index in [1.165, 1.54) is 24.3 Å². The fourth-order valence-corrected chi connectivity index (χ4v) is 3.23. The van der Waals surface area contributed by atoms with Gasteiger partial charge in [0.2, 0.25) is 0 Å². The monoisotopic (exact) mass is 385 g/mol. The van der Waals surface area contributed by atoms with E-state index in [2.05, 4.69) is 0 Å². The number of non-ortho nitro benzene ring substituents is 1. The highest BCUT2D eigenvalue weighted by Gasteiger charge is 2.23. The molecule has 3 aromatic rings. The Bertz CT molecular complexity index is 1160. The second kappa shape index (κ2) is 7.52. The van der Waals surface area contributed by atoms with Crippen LogP contribution in [0.15, 0.2) is 78.4 Å². The minimum Gasteiger partial charge on any atom is -0.423 e. The number of carbonyl (C=O) groups excluding carboxylic acids is 2. The van der Waals surface area contributed by atoms with Crippen molar-refractivity contribution in [3.63, 3.8) is 0 Å². The molecular formula is C23H15NO5. The van der Waals surface area contributed by atoms with Gasteiger partial charge in [-0.3, -0.25) is 14.9 Å². The summed E-state index contributed by atoms with van der Waals surface area (Å²) in [4.78, 5) is 35.0. The highest BCUT2D eigenvalue weighted by molar-refractivity contribution is 6.15. The van der Waals surface area contributed by atoms with E-state index < -0.39 is 10.9 Å². The summed E-state index contributed by atoms with van der Waals surface area (Å²) in [6.07, 6.45) is 2.37. The van der Waals surface area contributed by atoms with Gasteiger partial charge in [0.15, 0.2) is 5.78 Å². The van der Waals surface area contributed by atoms with Gasteiger partial charge in [-0.25, -0.2) is 4.79 Å². The Kier molecular flexibility index (Phi) is 4.75. The van der Waals surface area contributed by atoms with E-state index in [1.807, 2.05) is 30.3 Å². The van der Waals surface area contributed by atoms with Gasteiger partial charge in [-0.05, 0) is 41.5 Å². The molecule has 0 heterocycles. The second-order valence-corrected chi connectivity index (χ2v) is 6.60. The molecule has 0 atom stereocenters. The van der Waals surface area contributed by atoms with Crippen LogP contribution in [0.5, 0.6) is 5.75 Å². The third-order valence-corrected chi connectivity index (χ3v) is 4.66.